The molecule has 0 heterocycles. The van der Waals surface area contributed by atoms with Crippen molar-refractivity contribution in [2.24, 2.45) is 0 Å². The monoisotopic (exact) mass is 268 g/mol. The molecule has 0 N–H and O–H groups in total. The maximum absolute atomic E-state index is 5.87. The number of fused-ring (bicyclic) bond motifs is 1. The predicted molar refractivity (Wildman–Crippen MR) is 80.0 cm³/mol. The first-order valence-corrected chi connectivity index (χ1v) is 6.70. The van der Waals surface area contributed by atoms with Gasteiger partial charge in [0.2, 0.25) is 0 Å². The van der Waals surface area contributed by atoms with E-state index in [1.807, 2.05) is 48.5 Å². The quantitative estimate of drug-likeness (QED) is 0.580. The molecule has 19 heavy (non-hydrogen) atoms. The van der Waals surface area contributed by atoms with Crippen molar-refractivity contribution in [3.05, 3.63) is 72.3 Å². The molecule has 3 aromatic carbocycles. The summed E-state index contributed by atoms with van der Waals surface area (Å²) in [5.74, 6) is 2.15. The van der Waals surface area contributed by atoms with Crippen LogP contribution in [0.25, 0.3) is 10.8 Å². The SMILES string of the molecule is ClCc1cccc(Oc2ccc3ccccc3c2)c1. The van der Waals surface area contributed by atoms with Gasteiger partial charge < -0.3 is 4.74 Å². The summed E-state index contributed by atoms with van der Waals surface area (Å²) >= 11 is 5.82. The number of hydrogen-bond donors (Lipinski definition) is 0. The lowest BCUT2D eigenvalue weighted by atomic mass is 10.1. The molecular weight excluding hydrogens is 256 g/mol. The second kappa shape index (κ2) is 5.33. The molecule has 3 aromatic rings. The van der Waals surface area contributed by atoms with Crippen LogP contribution in [0, 0.1) is 0 Å². The first-order chi connectivity index (χ1) is 9.35. The van der Waals surface area contributed by atoms with Crippen LogP contribution < -0.4 is 4.74 Å². The Bertz CT molecular complexity index is 706. The highest BCUT2D eigenvalue weighted by molar-refractivity contribution is 6.17. The number of hydrogen-bond acceptors (Lipinski definition) is 1. The highest BCUT2D eigenvalue weighted by atomic mass is 35.5. The second-order valence-corrected chi connectivity index (χ2v) is 4.66. The van der Waals surface area contributed by atoms with Crippen molar-refractivity contribution in [2.45, 2.75) is 5.88 Å². The molecule has 0 bridgehead atoms. The third-order valence-electron chi connectivity index (χ3n) is 3.01. The minimum absolute atomic E-state index is 0.495. The average Bonchev–Trinajstić information content (AvgIpc) is 2.47. The molecule has 0 aliphatic rings. The van der Waals surface area contributed by atoms with Gasteiger partial charge in [-0.15, -0.1) is 11.6 Å². The Labute approximate surface area is 117 Å². The zero-order chi connectivity index (χ0) is 13.1. The van der Waals surface area contributed by atoms with Gasteiger partial charge in [0.25, 0.3) is 0 Å². The van der Waals surface area contributed by atoms with Crippen LogP contribution in [0.15, 0.2) is 66.7 Å². The molecule has 2 heteroatoms. The molecule has 0 aliphatic heterocycles. The van der Waals surface area contributed by atoms with Crippen LogP contribution in [0.5, 0.6) is 11.5 Å². The van der Waals surface area contributed by atoms with E-state index in [1.54, 1.807) is 0 Å². The molecule has 0 fully saturated rings. The van der Waals surface area contributed by atoms with Crippen LogP contribution in [-0.4, -0.2) is 0 Å². The molecule has 3 rings (SSSR count). The smallest absolute Gasteiger partial charge is 0.128 e. The standard InChI is InChI=1S/C17H13ClO/c18-12-13-4-3-7-16(10-13)19-17-9-8-14-5-1-2-6-15(14)11-17/h1-11H,12H2. The summed E-state index contributed by atoms with van der Waals surface area (Å²) in [4.78, 5) is 0. The van der Waals surface area contributed by atoms with Crippen LogP contribution >= 0.6 is 11.6 Å². The van der Waals surface area contributed by atoms with Gasteiger partial charge >= 0.3 is 0 Å². The first-order valence-electron chi connectivity index (χ1n) is 6.17. The van der Waals surface area contributed by atoms with Crippen molar-refractivity contribution in [3.8, 4) is 11.5 Å². The van der Waals surface area contributed by atoms with Crippen LogP contribution in [-0.2, 0) is 5.88 Å². The van der Waals surface area contributed by atoms with Crippen molar-refractivity contribution < 1.29 is 4.74 Å². The molecular formula is C17H13ClO. The fraction of sp³-hybridized carbons (Fsp3) is 0.0588. The molecule has 0 unspecified atom stereocenters. The van der Waals surface area contributed by atoms with Crippen LogP contribution in [0.1, 0.15) is 5.56 Å². The summed E-state index contributed by atoms with van der Waals surface area (Å²) in [6.45, 7) is 0. The lowest BCUT2D eigenvalue weighted by Crippen LogP contribution is -1.86. The topological polar surface area (TPSA) is 9.23 Å². The Kier molecular flexibility index (Phi) is 3.39. The molecule has 0 amide bonds. The summed E-state index contributed by atoms with van der Waals surface area (Å²) in [5.41, 5.74) is 1.06. The van der Waals surface area contributed by atoms with E-state index in [9.17, 15) is 0 Å². The van der Waals surface area contributed by atoms with Crippen LogP contribution in [0.4, 0.5) is 0 Å². The van der Waals surface area contributed by atoms with Gasteiger partial charge in [0, 0.05) is 5.88 Å². The van der Waals surface area contributed by atoms with E-state index in [0.29, 0.717) is 5.88 Å². The van der Waals surface area contributed by atoms with E-state index >= 15 is 0 Å². The molecule has 1 nitrogen and oxygen atoms in total. The van der Waals surface area contributed by atoms with Crippen molar-refractivity contribution in [2.75, 3.05) is 0 Å². The van der Waals surface area contributed by atoms with E-state index in [-0.39, 0.29) is 0 Å². The summed E-state index contributed by atoms with van der Waals surface area (Å²) in [5, 5.41) is 2.39. The summed E-state index contributed by atoms with van der Waals surface area (Å²) in [6.07, 6.45) is 0. The molecule has 0 saturated heterocycles. The average molecular weight is 269 g/mol. The number of ether oxygens (including phenoxy) is 1. The Balaban J connectivity index is 1.92. The first kappa shape index (κ1) is 12.1. The molecule has 0 spiro atoms. The minimum atomic E-state index is 0.495. The highest BCUT2D eigenvalue weighted by Crippen LogP contribution is 2.26. The summed E-state index contributed by atoms with van der Waals surface area (Å²) < 4.78 is 5.87. The van der Waals surface area contributed by atoms with Gasteiger partial charge in [-0.2, -0.15) is 0 Å². The van der Waals surface area contributed by atoms with Crippen LogP contribution in [0.2, 0.25) is 0 Å². The van der Waals surface area contributed by atoms with E-state index < -0.39 is 0 Å². The number of benzene rings is 3. The zero-order valence-corrected chi connectivity index (χ0v) is 11.1. The lowest BCUT2D eigenvalue weighted by Gasteiger charge is -2.07. The normalized spacial score (nSPS) is 10.6. The maximum Gasteiger partial charge on any atom is 0.128 e. The Morgan fingerprint density at radius 1 is 0.737 bits per heavy atom. The van der Waals surface area contributed by atoms with Crippen molar-refractivity contribution in [1.82, 2.24) is 0 Å². The van der Waals surface area contributed by atoms with E-state index in [0.717, 1.165) is 17.1 Å². The molecule has 0 aromatic heterocycles. The third-order valence-corrected chi connectivity index (χ3v) is 3.32. The summed E-state index contributed by atoms with van der Waals surface area (Å²) in [6, 6.07) is 22.2. The van der Waals surface area contributed by atoms with E-state index in [2.05, 4.69) is 18.2 Å². The van der Waals surface area contributed by atoms with Crippen molar-refractivity contribution in [1.29, 1.82) is 0 Å². The second-order valence-electron chi connectivity index (χ2n) is 4.39. The van der Waals surface area contributed by atoms with Gasteiger partial charge in [0.1, 0.15) is 11.5 Å². The van der Waals surface area contributed by atoms with Crippen molar-refractivity contribution >= 4 is 22.4 Å². The van der Waals surface area contributed by atoms with Crippen LogP contribution in [0.3, 0.4) is 0 Å². The fourth-order valence-electron chi connectivity index (χ4n) is 2.06. The van der Waals surface area contributed by atoms with E-state index in [4.69, 9.17) is 16.3 Å². The zero-order valence-electron chi connectivity index (χ0n) is 10.3. The Morgan fingerprint density at radius 3 is 2.37 bits per heavy atom. The Hall–Kier alpha value is -1.99. The number of halogens is 1. The van der Waals surface area contributed by atoms with Gasteiger partial charge in [-0.3, -0.25) is 0 Å². The fourth-order valence-corrected chi connectivity index (χ4v) is 2.23. The van der Waals surface area contributed by atoms with Gasteiger partial charge in [0.15, 0.2) is 0 Å². The maximum atomic E-state index is 5.87. The number of alkyl halides is 1. The minimum Gasteiger partial charge on any atom is -0.457 e. The molecule has 0 aliphatic carbocycles. The van der Waals surface area contributed by atoms with Gasteiger partial charge in [-0.05, 0) is 40.6 Å². The Morgan fingerprint density at radius 2 is 1.53 bits per heavy atom. The van der Waals surface area contributed by atoms with Gasteiger partial charge in [-0.1, -0.05) is 42.5 Å². The highest BCUT2D eigenvalue weighted by Gasteiger charge is 2.00. The molecule has 94 valence electrons. The number of rotatable bonds is 3. The van der Waals surface area contributed by atoms with Gasteiger partial charge in [-0.25, -0.2) is 0 Å². The van der Waals surface area contributed by atoms with E-state index in [1.165, 1.54) is 10.8 Å². The molecule has 0 radical (unpaired) electrons. The van der Waals surface area contributed by atoms with Crippen molar-refractivity contribution in [3.63, 3.8) is 0 Å². The third kappa shape index (κ3) is 2.72. The molecule has 0 saturated carbocycles. The largest absolute Gasteiger partial charge is 0.457 e. The molecule has 0 atom stereocenters. The summed E-state index contributed by atoms with van der Waals surface area (Å²) in [7, 11) is 0. The lowest BCUT2D eigenvalue weighted by molar-refractivity contribution is 0.483. The predicted octanol–water partition coefficient (Wildman–Crippen LogP) is 5.37. The van der Waals surface area contributed by atoms with Gasteiger partial charge in [0.05, 0.1) is 0 Å².